The largest absolute Gasteiger partial charge is 0.382 e. The van der Waals surface area contributed by atoms with E-state index in [2.05, 4.69) is 30.3 Å². The number of hydrogen-bond acceptors (Lipinski definition) is 2. The van der Waals surface area contributed by atoms with E-state index in [1.165, 1.54) is 31.4 Å². The highest BCUT2D eigenvalue weighted by Gasteiger charge is 2.18. The summed E-state index contributed by atoms with van der Waals surface area (Å²) in [5, 5.41) is 4.29. The third kappa shape index (κ3) is 3.36. The molecule has 2 nitrogen and oxygen atoms in total. The maximum atomic E-state index is 6.17. The first-order chi connectivity index (χ1) is 8.16. The highest BCUT2D eigenvalue weighted by molar-refractivity contribution is 6.33. The lowest BCUT2D eigenvalue weighted by atomic mass is 10.0. The van der Waals surface area contributed by atoms with Crippen molar-refractivity contribution in [2.75, 3.05) is 25.5 Å². The van der Waals surface area contributed by atoms with E-state index in [0.29, 0.717) is 6.04 Å². The number of anilines is 1. The van der Waals surface area contributed by atoms with Gasteiger partial charge in [-0.15, -0.1) is 0 Å². The molecule has 2 rings (SSSR count). The average Bonchev–Trinajstić information content (AvgIpc) is 2.32. The van der Waals surface area contributed by atoms with Crippen LogP contribution in [0.5, 0.6) is 0 Å². The molecule has 0 bridgehead atoms. The van der Waals surface area contributed by atoms with Crippen molar-refractivity contribution >= 4 is 17.3 Å². The van der Waals surface area contributed by atoms with E-state index in [-0.39, 0.29) is 0 Å². The normalized spacial score (nSPS) is 21.5. The number of rotatable bonds is 3. The third-order valence-electron chi connectivity index (χ3n) is 3.57. The number of nitrogens with zero attached hydrogens (tertiary/aromatic N) is 1. The SMILES string of the molecule is Cc1ccc(Cl)c(NCC2CCCCN2C)c1. The zero-order chi connectivity index (χ0) is 12.3. The van der Waals surface area contributed by atoms with Crippen molar-refractivity contribution in [1.82, 2.24) is 4.90 Å². The zero-order valence-corrected chi connectivity index (χ0v) is 11.4. The van der Waals surface area contributed by atoms with Gasteiger partial charge in [0.05, 0.1) is 10.7 Å². The fraction of sp³-hybridized carbons (Fsp3) is 0.571. The van der Waals surface area contributed by atoms with Gasteiger partial charge in [-0.1, -0.05) is 24.1 Å². The lowest BCUT2D eigenvalue weighted by Crippen LogP contribution is -2.40. The van der Waals surface area contributed by atoms with Gasteiger partial charge in [0.15, 0.2) is 0 Å². The summed E-state index contributed by atoms with van der Waals surface area (Å²) >= 11 is 6.17. The van der Waals surface area contributed by atoms with E-state index < -0.39 is 0 Å². The molecule has 1 heterocycles. The quantitative estimate of drug-likeness (QED) is 0.885. The van der Waals surface area contributed by atoms with Crippen LogP contribution >= 0.6 is 11.6 Å². The van der Waals surface area contributed by atoms with E-state index in [4.69, 9.17) is 11.6 Å². The Hall–Kier alpha value is -0.730. The number of likely N-dealkylation sites (N-methyl/N-ethyl adjacent to an activating group) is 1. The van der Waals surface area contributed by atoms with Crippen molar-refractivity contribution in [3.63, 3.8) is 0 Å². The lowest BCUT2D eigenvalue weighted by Gasteiger charge is -2.32. The Balaban J connectivity index is 1.94. The summed E-state index contributed by atoms with van der Waals surface area (Å²) in [6, 6.07) is 6.76. The number of piperidine rings is 1. The summed E-state index contributed by atoms with van der Waals surface area (Å²) in [5.41, 5.74) is 2.31. The second kappa shape index (κ2) is 5.74. The van der Waals surface area contributed by atoms with Crippen LogP contribution in [0.3, 0.4) is 0 Å². The van der Waals surface area contributed by atoms with E-state index in [0.717, 1.165) is 17.3 Å². The Morgan fingerprint density at radius 2 is 2.24 bits per heavy atom. The maximum absolute atomic E-state index is 6.17. The Kier molecular flexibility index (Phi) is 4.30. The van der Waals surface area contributed by atoms with Gasteiger partial charge in [0.1, 0.15) is 0 Å². The topological polar surface area (TPSA) is 15.3 Å². The van der Waals surface area contributed by atoms with Crippen molar-refractivity contribution in [2.45, 2.75) is 32.2 Å². The van der Waals surface area contributed by atoms with Crippen LogP contribution < -0.4 is 5.32 Å². The minimum absolute atomic E-state index is 0.639. The number of benzene rings is 1. The Labute approximate surface area is 109 Å². The zero-order valence-electron chi connectivity index (χ0n) is 10.7. The van der Waals surface area contributed by atoms with Crippen LogP contribution in [0.4, 0.5) is 5.69 Å². The third-order valence-corrected chi connectivity index (χ3v) is 3.90. The molecule has 1 aliphatic heterocycles. The number of nitrogens with one attached hydrogen (secondary N) is 1. The molecular formula is C14H21ClN2. The van der Waals surface area contributed by atoms with Crippen LogP contribution in [0.25, 0.3) is 0 Å². The van der Waals surface area contributed by atoms with E-state index in [1.54, 1.807) is 0 Å². The molecule has 94 valence electrons. The summed E-state index contributed by atoms with van der Waals surface area (Å²) < 4.78 is 0. The Bertz CT molecular complexity index is 378. The number of aryl methyl sites for hydroxylation is 1. The van der Waals surface area contributed by atoms with Gasteiger partial charge in [-0.2, -0.15) is 0 Å². The molecule has 1 unspecified atom stereocenters. The molecule has 1 fully saturated rings. The molecule has 3 heteroatoms. The van der Waals surface area contributed by atoms with Crippen LogP contribution in [0.1, 0.15) is 24.8 Å². The first-order valence-corrected chi connectivity index (χ1v) is 6.75. The van der Waals surface area contributed by atoms with E-state index >= 15 is 0 Å². The molecule has 0 radical (unpaired) electrons. The van der Waals surface area contributed by atoms with Crippen molar-refractivity contribution in [3.8, 4) is 0 Å². The minimum Gasteiger partial charge on any atom is -0.382 e. The fourth-order valence-electron chi connectivity index (χ4n) is 2.40. The molecule has 0 aromatic heterocycles. The molecule has 17 heavy (non-hydrogen) atoms. The standard InChI is InChI=1S/C14H21ClN2/c1-11-6-7-13(15)14(9-11)16-10-12-5-3-4-8-17(12)2/h6-7,9,12,16H,3-5,8,10H2,1-2H3. The summed E-state index contributed by atoms with van der Waals surface area (Å²) in [7, 11) is 2.21. The van der Waals surface area contributed by atoms with Crippen LogP contribution in [0.2, 0.25) is 5.02 Å². The molecule has 1 aliphatic rings. The summed E-state index contributed by atoms with van der Waals surface area (Å²) in [4.78, 5) is 2.44. The molecule has 0 amide bonds. The number of likely N-dealkylation sites (tertiary alicyclic amines) is 1. The second-order valence-corrected chi connectivity index (χ2v) is 5.40. The number of halogens is 1. The molecule has 0 aliphatic carbocycles. The monoisotopic (exact) mass is 252 g/mol. The van der Waals surface area contributed by atoms with Crippen molar-refractivity contribution in [1.29, 1.82) is 0 Å². The average molecular weight is 253 g/mol. The first kappa shape index (κ1) is 12.7. The highest BCUT2D eigenvalue weighted by atomic mass is 35.5. The molecule has 1 aromatic carbocycles. The van der Waals surface area contributed by atoms with Gasteiger partial charge in [0.2, 0.25) is 0 Å². The first-order valence-electron chi connectivity index (χ1n) is 6.37. The summed E-state index contributed by atoms with van der Waals surface area (Å²) in [6.45, 7) is 4.29. The van der Waals surface area contributed by atoms with E-state index in [1.807, 2.05) is 12.1 Å². The molecule has 1 saturated heterocycles. The summed E-state index contributed by atoms with van der Waals surface area (Å²) in [5.74, 6) is 0. The van der Waals surface area contributed by atoms with Gasteiger partial charge in [-0.25, -0.2) is 0 Å². The van der Waals surface area contributed by atoms with Crippen molar-refractivity contribution in [2.24, 2.45) is 0 Å². The smallest absolute Gasteiger partial charge is 0.0637 e. The second-order valence-electron chi connectivity index (χ2n) is 4.99. The lowest BCUT2D eigenvalue weighted by molar-refractivity contribution is 0.194. The fourth-order valence-corrected chi connectivity index (χ4v) is 2.59. The van der Waals surface area contributed by atoms with Crippen LogP contribution in [-0.4, -0.2) is 31.1 Å². The molecule has 0 saturated carbocycles. The predicted molar refractivity (Wildman–Crippen MR) is 74.9 cm³/mol. The Morgan fingerprint density at radius 3 is 3.00 bits per heavy atom. The van der Waals surface area contributed by atoms with E-state index in [9.17, 15) is 0 Å². The van der Waals surface area contributed by atoms with Crippen molar-refractivity contribution in [3.05, 3.63) is 28.8 Å². The van der Waals surface area contributed by atoms with Crippen molar-refractivity contribution < 1.29 is 0 Å². The van der Waals surface area contributed by atoms with Gasteiger partial charge < -0.3 is 10.2 Å². The summed E-state index contributed by atoms with van der Waals surface area (Å²) in [6.07, 6.45) is 3.96. The predicted octanol–water partition coefficient (Wildman–Crippen LogP) is 3.54. The number of hydrogen-bond donors (Lipinski definition) is 1. The van der Waals surface area contributed by atoms with Gasteiger partial charge in [0.25, 0.3) is 0 Å². The van der Waals surface area contributed by atoms with Gasteiger partial charge in [0, 0.05) is 12.6 Å². The maximum Gasteiger partial charge on any atom is 0.0637 e. The van der Waals surface area contributed by atoms with Crippen LogP contribution in [0, 0.1) is 6.92 Å². The Morgan fingerprint density at radius 1 is 1.41 bits per heavy atom. The highest BCUT2D eigenvalue weighted by Crippen LogP contribution is 2.23. The molecule has 1 atom stereocenters. The van der Waals surface area contributed by atoms with Gasteiger partial charge in [-0.3, -0.25) is 0 Å². The van der Waals surface area contributed by atoms with Gasteiger partial charge >= 0.3 is 0 Å². The van der Waals surface area contributed by atoms with Crippen LogP contribution in [-0.2, 0) is 0 Å². The molecule has 1 aromatic rings. The minimum atomic E-state index is 0.639. The van der Waals surface area contributed by atoms with Crippen LogP contribution in [0.15, 0.2) is 18.2 Å². The molecule has 0 spiro atoms. The van der Waals surface area contributed by atoms with Gasteiger partial charge in [-0.05, 0) is 51.1 Å². The molecule has 1 N–H and O–H groups in total. The molecular weight excluding hydrogens is 232 g/mol.